The molecule has 0 saturated heterocycles. The molecular weight excluding hydrogens is 216 g/mol. The van der Waals surface area contributed by atoms with Crippen molar-refractivity contribution in [3.8, 4) is 0 Å². The monoisotopic (exact) mass is 236 g/mol. The predicted octanol–water partition coefficient (Wildman–Crippen LogP) is 1.63. The molecule has 0 spiro atoms. The molecule has 1 aromatic heterocycles. The number of aromatic nitrogens is 1. The fourth-order valence-corrected chi connectivity index (χ4v) is 1.52. The maximum absolute atomic E-state index is 12.1. The van der Waals surface area contributed by atoms with E-state index < -0.39 is 0 Å². The van der Waals surface area contributed by atoms with E-state index in [0.29, 0.717) is 17.9 Å². The maximum atomic E-state index is 12.1. The summed E-state index contributed by atoms with van der Waals surface area (Å²) in [6.07, 6.45) is 3.65. The Kier molecular flexibility index (Phi) is 5.42. The smallest absolute Gasteiger partial charge is 0.272 e. The van der Waals surface area contributed by atoms with Crippen molar-refractivity contribution in [2.24, 2.45) is 5.84 Å². The molecule has 94 valence electrons. The van der Waals surface area contributed by atoms with Crippen LogP contribution in [0.3, 0.4) is 0 Å². The Bertz CT molecular complexity index is 350. The highest BCUT2D eigenvalue weighted by Gasteiger charge is 2.14. The van der Waals surface area contributed by atoms with Gasteiger partial charge < -0.3 is 10.3 Å². The van der Waals surface area contributed by atoms with Gasteiger partial charge in [-0.25, -0.2) is 4.98 Å². The van der Waals surface area contributed by atoms with Crippen LogP contribution >= 0.6 is 0 Å². The highest BCUT2D eigenvalue weighted by Crippen LogP contribution is 2.07. The van der Waals surface area contributed by atoms with E-state index in [2.05, 4.69) is 17.3 Å². The molecular formula is C12H20N4O. The summed E-state index contributed by atoms with van der Waals surface area (Å²) in [5, 5.41) is 0. The number of nitrogens with zero attached hydrogens (tertiary/aromatic N) is 2. The Hall–Kier alpha value is -1.62. The molecule has 0 aliphatic carbocycles. The lowest BCUT2D eigenvalue weighted by Crippen LogP contribution is -2.32. The molecule has 5 heteroatoms. The van der Waals surface area contributed by atoms with Gasteiger partial charge in [-0.2, -0.15) is 0 Å². The average Bonchev–Trinajstić information content (AvgIpc) is 2.39. The van der Waals surface area contributed by atoms with Crippen molar-refractivity contribution >= 4 is 11.6 Å². The van der Waals surface area contributed by atoms with Gasteiger partial charge in [-0.1, -0.05) is 13.3 Å². The van der Waals surface area contributed by atoms with Crippen LogP contribution in [-0.4, -0.2) is 28.9 Å². The molecule has 0 aliphatic rings. The zero-order valence-electron chi connectivity index (χ0n) is 10.4. The van der Waals surface area contributed by atoms with Gasteiger partial charge in [-0.3, -0.25) is 10.6 Å². The first-order chi connectivity index (χ1) is 8.22. The van der Waals surface area contributed by atoms with Crippen molar-refractivity contribution < 1.29 is 4.79 Å². The van der Waals surface area contributed by atoms with Crippen LogP contribution in [0.4, 0.5) is 5.69 Å². The van der Waals surface area contributed by atoms with E-state index in [4.69, 9.17) is 5.84 Å². The van der Waals surface area contributed by atoms with Gasteiger partial charge in [0.05, 0.1) is 11.9 Å². The van der Waals surface area contributed by atoms with Crippen molar-refractivity contribution in [1.82, 2.24) is 9.88 Å². The Balaban J connectivity index is 2.71. The largest absolute Gasteiger partial charge is 0.338 e. The number of rotatable bonds is 6. The highest BCUT2D eigenvalue weighted by molar-refractivity contribution is 5.92. The normalized spacial score (nSPS) is 10.1. The third kappa shape index (κ3) is 3.71. The van der Waals surface area contributed by atoms with Crippen LogP contribution in [0.1, 0.15) is 37.2 Å². The van der Waals surface area contributed by atoms with Gasteiger partial charge in [-0.15, -0.1) is 0 Å². The van der Waals surface area contributed by atoms with E-state index >= 15 is 0 Å². The molecule has 3 N–H and O–H groups in total. The summed E-state index contributed by atoms with van der Waals surface area (Å²) in [7, 11) is 0. The molecule has 1 amide bonds. The van der Waals surface area contributed by atoms with Gasteiger partial charge in [0, 0.05) is 13.1 Å². The number of unbranched alkanes of at least 4 members (excludes halogenated alkanes) is 1. The summed E-state index contributed by atoms with van der Waals surface area (Å²) in [5.74, 6) is 5.22. The Labute approximate surface area is 102 Å². The molecule has 5 nitrogen and oxygen atoms in total. The minimum absolute atomic E-state index is 0.0236. The van der Waals surface area contributed by atoms with Crippen LogP contribution in [0.5, 0.6) is 0 Å². The fourth-order valence-electron chi connectivity index (χ4n) is 1.52. The summed E-state index contributed by atoms with van der Waals surface area (Å²) >= 11 is 0. The molecule has 0 unspecified atom stereocenters. The van der Waals surface area contributed by atoms with Gasteiger partial charge in [0.25, 0.3) is 5.91 Å². The summed E-state index contributed by atoms with van der Waals surface area (Å²) in [4.78, 5) is 18.0. The first-order valence-electron chi connectivity index (χ1n) is 5.94. The molecule has 0 atom stereocenters. The van der Waals surface area contributed by atoms with E-state index in [1.54, 1.807) is 23.2 Å². The number of carbonyl (C=O) groups is 1. The molecule has 0 aliphatic heterocycles. The average molecular weight is 236 g/mol. The first-order valence-corrected chi connectivity index (χ1v) is 5.94. The number of pyridine rings is 1. The number of carbonyl (C=O) groups excluding carboxylic acids is 1. The number of anilines is 1. The molecule has 0 radical (unpaired) electrons. The minimum Gasteiger partial charge on any atom is -0.338 e. The lowest BCUT2D eigenvalue weighted by Gasteiger charge is -2.20. The van der Waals surface area contributed by atoms with Crippen LogP contribution in [0, 0.1) is 0 Å². The quantitative estimate of drug-likeness (QED) is 0.581. The van der Waals surface area contributed by atoms with E-state index in [1.807, 2.05) is 6.92 Å². The third-order valence-corrected chi connectivity index (χ3v) is 2.60. The molecule has 1 heterocycles. The lowest BCUT2D eigenvalue weighted by molar-refractivity contribution is 0.0756. The van der Waals surface area contributed by atoms with E-state index in [-0.39, 0.29) is 5.91 Å². The van der Waals surface area contributed by atoms with E-state index in [0.717, 1.165) is 19.4 Å². The molecule has 17 heavy (non-hydrogen) atoms. The standard InChI is InChI=1S/C12H20N4O/c1-3-5-8-16(4-2)12(17)11-7-6-10(15-13)9-14-11/h6-7,9,15H,3-5,8,13H2,1-2H3. The van der Waals surface area contributed by atoms with Crippen molar-refractivity contribution in [1.29, 1.82) is 0 Å². The molecule has 0 bridgehead atoms. The second-order valence-electron chi connectivity index (χ2n) is 3.81. The van der Waals surface area contributed by atoms with Crippen molar-refractivity contribution in [3.05, 3.63) is 24.0 Å². The first kappa shape index (κ1) is 13.4. The van der Waals surface area contributed by atoms with Crippen LogP contribution < -0.4 is 11.3 Å². The summed E-state index contributed by atoms with van der Waals surface area (Å²) in [6.45, 7) is 5.57. The van der Waals surface area contributed by atoms with Crippen LogP contribution in [0.15, 0.2) is 18.3 Å². The Morgan fingerprint density at radius 1 is 1.47 bits per heavy atom. The number of nitrogens with one attached hydrogen (secondary N) is 1. The third-order valence-electron chi connectivity index (χ3n) is 2.60. The van der Waals surface area contributed by atoms with Gasteiger partial charge in [0.15, 0.2) is 0 Å². The van der Waals surface area contributed by atoms with Crippen LogP contribution in [0.25, 0.3) is 0 Å². The van der Waals surface area contributed by atoms with Gasteiger partial charge in [-0.05, 0) is 25.5 Å². The zero-order valence-corrected chi connectivity index (χ0v) is 10.4. The fraction of sp³-hybridized carbons (Fsp3) is 0.500. The minimum atomic E-state index is -0.0236. The van der Waals surface area contributed by atoms with Crippen LogP contribution in [-0.2, 0) is 0 Å². The number of hydrogen-bond acceptors (Lipinski definition) is 4. The maximum Gasteiger partial charge on any atom is 0.272 e. The van der Waals surface area contributed by atoms with E-state index in [9.17, 15) is 4.79 Å². The lowest BCUT2D eigenvalue weighted by atomic mass is 10.2. The molecule has 0 saturated carbocycles. The van der Waals surface area contributed by atoms with Gasteiger partial charge in [0.1, 0.15) is 5.69 Å². The SMILES string of the molecule is CCCCN(CC)C(=O)c1ccc(NN)cn1. The van der Waals surface area contributed by atoms with E-state index in [1.165, 1.54) is 0 Å². The number of nitrogen functional groups attached to an aromatic ring is 1. The molecule has 1 aromatic rings. The van der Waals surface area contributed by atoms with Gasteiger partial charge in [0.2, 0.25) is 0 Å². The second kappa shape index (κ2) is 6.85. The highest BCUT2D eigenvalue weighted by atomic mass is 16.2. The number of hydrazine groups is 1. The molecule has 0 fully saturated rings. The predicted molar refractivity (Wildman–Crippen MR) is 68.5 cm³/mol. The van der Waals surface area contributed by atoms with Crippen molar-refractivity contribution in [2.75, 3.05) is 18.5 Å². The Morgan fingerprint density at radius 2 is 2.24 bits per heavy atom. The van der Waals surface area contributed by atoms with Crippen molar-refractivity contribution in [3.63, 3.8) is 0 Å². The summed E-state index contributed by atoms with van der Waals surface area (Å²) in [5.41, 5.74) is 3.64. The van der Waals surface area contributed by atoms with Crippen LogP contribution in [0.2, 0.25) is 0 Å². The number of nitrogens with two attached hydrogens (primary N) is 1. The zero-order chi connectivity index (χ0) is 12.7. The van der Waals surface area contributed by atoms with Crippen molar-refractivity contribution in [2.45, 2.75) is 26.7 Å². The topological polar surface area (TPSA) is 71.2 Å². The summed E-state index contributed by atoms with van der Waals surface area (Å²) < 4.78 is 0. The molecule has 0 aromatic carbocycles. The van der Waals surface area contributed by atoms with Gasteiger partial charge >= 0.3 is 0 Å². The molecule has 1 rings (SSSR count). The summed E-state index contributed by atoms with van der Waals surface area (Å²) in [6, 6.07) is 3.43. The Morgan fingerprint density at radius 3 is 2.71 bits per heavy atom. The number of hydrogen-bond donors (Lipinski definition) is 2. The second-order valence-corrected chi connectivity index (χ2v) is 3.81. The number of amides is 1.